The molecule has 1 amide bonds. The fourth-order valence-corrected chi connectivity index (χ4v) is 4.27. The Bertz CT molecular complexity index is 1140. The largest absolute Gasteiger partial charge is 0.479 e. The molecule has 6 nitrogen and oxygen atoms in total. The molecule has 2 heterocycles. The summed E-state index contributed by atoms with van der Waals surface area (Å²) in [5.74, 6) is -2.32. The molecule has 0 radical (unpaired) electrons. The fraction of sp³-hybridized carbons (Fsp3) is 0.261. The van der Waals surface area contributed by atoms with Crippen molar-refractivity contribution < 1.29 is 19.1 Å². The van der Waals surface area contributed by atoms with Gasteiger partial charge in [-0.2, -0.15) is 0 Å². The van der Waals surface area contributed by atoms with E-state index in [2.05, 4.69) is 5.32 Å². The zero-order chi connectivity index (χ0) is 22.5. The molecule has 1 atom stereocenters. The summed E-state index contributed by atoms with van der Waals surface area (Å²) in [6.45, 7) is 4.03. The van der Waals surface area contributed by atoms with Gasteiger partial charge in [0.05, 0.1) is 6.54 Å². The van der Waals surface area contributed by atoms with Crippen LogP contribution in [0.5, 0.6) is 0 Å². The smallest absolute Gasteiger partial charge is 0.331 e. The number of hydrogen-bond acceptors (Lipinski definition) is 4. The summed E-state index contributed by atoms with van der Waals surface area (Å²) in [6.07, 6.45) is 1.18. The monoisotopic (exact) mass is 442 g/mol. The van der Waals surface area contributed by atoms with Gasteiger partial charge in [-0.3, -0.25) is 9.59 Å². The Balaban J connectivity index is 2.03. The number of nitrogens with zero attached hydrogens (tertiary/aromatic N) is 1. The SMILES string of the molecule is CCc1cc(C(=O)NC(C(=O)O)c2cccs2)c(=O)n(Cc2ccc(F)cc2)c1CC. The molecule has 0 saturated carbocycles. The number of hydrogen-bond donors (Lipinski definition) is 2. The highest BCUT2D eigenvalue weighted by Crippen LogP contribution is 2.20. The van der Waals surface area contributed by atoms with E-state index in [4.69, 9.17) is 0 Å². The number of pyridine rings is 1. The zero-order valence-corrected chi connectivity index (χ0v) is 18.0. The predicted molar refractivity (Wildman–Crippen MR) is 117 cm³/mol. The van der Waals surface area contributed by atoms with Crippen molar-refractivity contribution in [1.82, 2.24) is 9.88 Å². The molecule has 0 aliphatic heterocycles. The van der Waals surface area contributed by atoms with Crippen LogP contribution in [0.15, 0.2) is 52.6 Å². The molecule has 0 aliphatic rings. The van der Waals surface area contributed by atoms with Crippen molar-refractivity contribution in [3.05, 3.63) is 91.3 Å². The normalized spacial score (nSPS) is 11.8. The molecule has 3 rings (SSSR count). The van der Waals surface area contributed by atoms with E-state index in [0.717, 1.165) is 16.8 Å². The Labute approximate surface area is 183 Å². The minimum atomic E-state index is -1.24. The lowest BCUT2D eigenvalue weighted by Crippen LogP contribution is -2.39. The van der Waals surface area contributed by atoms with Gasteiger partial charge in [0.15, 0.2) is 6.04 Å². The van der Waals surface area contributed by atoms with Crippen molar-refractivity contribution in [2.75, 3.05) is 0 Å². The Morgan fingerprint density at radius 2 is 1.87 bits per heavy atom. The molecular formula is C23H23FN2O4S. The summed E-state index contributed by atoms with van der Waals surface area (Å²) in [5, 5.41) is 13.7. The molecule has 0 saturated heterocycles. The van der Waals surface area contributed by atoms with Crippen LogP contribution in [-0.4, -0.2) is 21.6 Å². The maximum atomic E-state index is 13.3. The van der Waals surface area contributed by atoms with Gasteiger partial charge in [0, 0.05) is 10.6 Å². The van der Waals surface area contributed by atoms with Gasteiger partial charge < -0.3 is 15.0 Å². The lowest BCUT2D eigenvalue weighted by molar-refractivity contribution is -0.139. The molecule has 0 fully saturated rings. The summed E-state index contributed by atoms with van der Waals surface area (Å²) < 4.78 is 14.8. The first-order chi connectivity index (χ1) is 14.8. The second kappa shape index (κ2) is 9.70. The van der Waals surface area contributed by atoms with E-state index >= 15 is 0 Å². The third kappa shape index (κ3) is 4.91. The first-order valence-electron chi connectivity index (χ1n) is 9.92. The van der Waals surface area contributed by atoms with Crippen LogP contribution in [0.2, 0.25) is 0 Å². The maximum absolute atomic E-state index is 13.3. The molecule has 0 bridgehead atoms. The average Bonchev–Trinajstić information content (AvgIpc) is 3.28. The topological polar surface area (TPSA) is 88.4 Å². The van der Waals surface area contributed by atoms with Crippen LogP contribution in [0, 0.1) is 5.82 Å². The minimum absolute atomic E-state index is 0.112. The summed E-state index contributed by atoms with van der Waals surface area (Å²) in [4.78, 5) is 38.4. The van der Waals surface area contributed by atoms with Crippen molar-refractivity contribution in [3.63, 3.8) is 0 Å². The molecule has 3 aromatic rings. The lowest BCUT2D eigenvalue weighted by Gasteiger charge is -2.19. The number of aliphatic carboxylic acids is 1. The number of carboxylic acid groups (broad SMARTS) is 1. The Morgan fingerprint density at radius 1 is 1.16 bits per heavy atom. The van der Waals surface area contributed by atoms with E-state index in [1.54, 1.807) is 35.7 Å². The molecule has 2 aromatic heterocycles. The number of rotatable bonds is 8. The third-order valence-corrected chi connectivity index (χ3v) is 5.99. The second-order valence-electron chi connectivity index (χ2n) is 7.01. The highest BCUT2D eigenvalue weighted by Gasteiger charge is 2.26. The van der Waals surface area contributed by atoms with E-state index in [1.165, 1.54) is 28.0 Å². The van der Waals surface area contributed by atoms with Crippen LogP contribution in [0.4, 0.5) is 4.39 Å². The van der Waals surface area contributed by atoms with Crippen LogP contribution in [0.1, 0.15) is 51.9 Å². The van der Waals surface area contributed by atoms with Crippen LogP contribution in [-0.2, 0) is 24.2 Å². The van der Waals surface area contributed by atoms with Gasteiger partial charge in [0.2, 0.25) is 0 Å². The number of nitrogens with one attached hydrogen (secondary N) is 1. The molecule has 2 N–H and O–H groups in total. The number of amides is 1. The molecular weight excluding hydrogens is 419 g/mol. The van der Waals surface area contributed by atoms with Crippen LogP contribution in [0.3, 0.4) is 0 Å². The Hall–Kier alpha value is -3.26. The molecule has 0 spiro atoms. The van der Waals surface area contributed by atoms with Gasteiger partial charge in [-0.05, 0) is 53.6 Å². The van der Waals surface area contributed by atoms with Crippen LogP contribution >= 0.6 is 11.3 Å². The predicted octanol–water partition coefficient (Wildman–Crippen LogP) is 3.78. The van der Waals surface area contributed by atoms with Crippen molar-refractivity contribution in [2.24, 2.45) is 0 Å². The third-order valence-electron chi connectivity index (χ3n) is 5.06. The van der Waals surface area contributed by atoms with Gasteiger partial charge in [-0.1, -0.05) is 32.0 Å². The second-order valence-corrected chi connectivity index (χ2v) is 7.99. The number of benzene rings is 1. The molecule has 0 aliphatic carbocycles. The van der Waals surface area contributed by atoms with E-state index in [0.29, 0.717) is 17.7 Å². The van der Waals surface area contributed by atoms with Crippen LogP contribution < -0.4 is 10.9 Å². The van der Waals surface area contributed by atoms with E-state index in [-0.39, 0.29) is 17.9 Å². The number of carbonyl (C=O) groups excluding carboxylic acids is 1. The quantitative estimate of drug-likeness (QED) is 0.556. The van der Waals surface area contributed by atoms with Crippen molar-refractivity contribution >= 4 is 23.2 Å². The minimum Gasteiger partial charge on any atom is -0.479 e. The van der Waals surface area contributed by atoms with Crippen molar-refractivity contribution in [3.8, 4) is 0 Å². The fourth-order valence-electron chi connectivity index (χ4n) is 3.51. The molecule has 1 unspecified atom stereocenters. The molecule has 8 heteroatoms. The summed E-state index contributed by atoms with van der Waals surface area (Å²) in [5.41, 5.74) is 1.73. The Morgan fingerprint density at radius 3 is 2.42 bits per heavy atom. The first kappa shape index (κ1) is 22.4. The number of thiophene rings is 1. The van der Waals surface area contributed by atoms with E-state index in [9.17, 15) is 23.9 Å². The van der Waals surface area contributed by atoms with Gasteiger partial charge in [0.1, 0.15) is 11.4 Å². The zero-order valence-electron chi connectivity index (χ0n) is 17.2. The van der Waals surface area contributed by atoms with Gasteiger partial charge >= 0.3 is 5.97 Å². The van der Waals surface area contributed by atoms with Gasteiger partial charge in [-0.25, -0.2) is 9.18 Å². The molecule has 162 valence electrons. The van der Waals surface area contributed by atoms with Gasteiger partial charge in [0.25, 0.3) is 11.5 Å². The van der Waals surface area contributed by atoms with E-state index in [1.807, 2.05) is 13.8 Å². The number of halogens is 1. The molecule has 1 aromatic carbocycles. The number of carbonyl (C=O) groups is 2. The van der Waals surface area contributed by atoms with E-state index < -0.39 is 23.5 Å². The maximum Gasteiger partial charge on any atom is 0.331 e. The molecule has 31 heavy (non-hydrogen) atoms. The number of carboxylic acids is 1. The van der Waals surface area contributed by atoms with Crippen molar-refractivity contribution in [1.29, 1.82) is 0 Å². The summed E-state index contributed by atoms with van der Waals surface area (Å²) >= 11 is 1.21. The van der Waals surface area contributed by atoms with Gasteiger partial charge in [-0.15, -0.1) is 11.3 Å². The van der Waals surface area contributed by atoms with Crippen LogP contribution in [0.25, 0.3) is 0 Å². The Kier molecular flexibility index (Phi) is 7.02. The van der Waals surface area contributed by atoms with Crippen molar-refractivity contribution in [2.45, 2.75) is 39.3 Å². The summed E-state index contributed by atoms with van der Waals surface area (Å²) in [7, 11) is 0. The lowest BCUT2D eigenvalue weighted by atomic mass is 10.0. The highest BCUT2D eigenvalue weighted by atomic mass is 32.1. The first-order valence-corrected chi connectivity index (χ1v) is 10.8. The highest BCUT2D eigenvalue weighted by molar-refractivity contribution is 7.10. The number of aromatic nitrogens is 1. The standard InChI is InChI=1S/C23H23FN2O4S/c1-3-15-12-17(21(27)25-20(23(29)30)19-6-5-11-31-19)22(28)26(18(15)4-2)13-14-7-9-16(24)10-8-14/h5-12,20H,3-4,13H2,1-2H3,(H,25,27)(H,29,30). The average molecular weight is 443 g/mol. The number of aryl methyl sites for hydroxylation is 1. The summed E-state index contributed by atoms with van der Waals surface area (Å²) in [6, 6.07) is 9.45.